The summed E-state index contributed by atoms with van der Waals surface area (Å²) in [7, 11) is 0. The summed E-state index contributed by atoms with van der Waals surface area (Å²) in [6.07, 6.45) is -1.31. The summed E-state index contributed by atoms with van der Waals surface area (Å²) in [5, 5.41) is 5.67. The van der Waals surface area contributed by atoms with Crippen LogP contribution in [0.4, 0.5) is 13.2 Å². The van der Waals surface area contributed by atoms with Crippen LogP contribution in [0, 0.1) is 18.1 Å². The Morgan fingerprint density at radius 3 is 2.05 bits per heavy atom. The number of nitrogens with zero attached hydrogens (tertiary/aromatic N) is 4. The Labute approximate surface area is 387 Å². The van der Waals surface area contributed by atoms with Gasteiger partial charge in [0.1, 0.15) is 5.69 Å². The van der Waals surface area contributed by atoms with Crippen LogP contribution in [-0.4, -0.2) is 32.8 Å². The molecule has 10 heteroatoms. The Hall–Kier alpha value is -5.61. The second-order valence-electron chi connectivity index (χ2n) is 17.9. The molecule has 5 nitrogen and oxygen atoms in total. The van der Waals surface area contributed by atoms with Gasteiger partial charge in [0.2, 0.25) is 5.71 Å². The topological polar surface area (TPSA) is 56.7 Å². The van der Waals surface area contributed by atoms with Gasteiger partial charge in [-0.2, -0.15) is 13.2 Å². The average Bonchev–Trinajstić information content (AvgIpc) is 3.84. The number of rotatable bonds is 7. The molecular formula is C54H47F3GeIrN4O-2. The van der Waals surface area contributed by atoms with Gasteiger partial charge in [-0.3, -0.25) is 4.98 Å². The maximum absolute atomic E-state index is 13.5. The SMILES string of the molecule is CC(C)Cc1cc(-c2[c-]cccc2)nc[c]1[Ge]([CH3])([CH3])[CH3].CC(C)c1c(-n2c(-c3[c-]ccc4c3oc3nc(C(F)(F)F)ccc34)nc3ccccc32)c2ccccc2c2ccccc12.[Ir]. The molecule has 0 bridgehead atoms. The number of furan rings is 1. The van der Waals surface area contributed by atoms with E-state index in [-0.39, 0.29) is 31.7 Å². The molecule has 0 aliphatic carbocycles. The predicted molar refractivity (Wildman–Crippen MR) is 255 cm³/mol. The number of para-hydroxylation sites is 2. The molecule has 64 heavy (non-hydrogen) atoms. The minimum Gasteiger partial charge on any atom is -0.486 e. The summed E-state index contributed by atoms with van der Waals surface area (Å²) >= 11 is -1.86. The third-order valence-corrected chi connectivity index (χ3v) is 15.9. The molecule has 325 valence electrons. The van der Waals surface area contributed by atoms with Gasteiger partial charge in [0.15, 0.2) is 0 Å². The first-order chi connectivity index (χ1) is 30.2. The van der Waals surface area contributed by atoms with Crippen molar-refractivity contribution in [2.24, 2.45) is 5.92 Å². The number of halogens is 3. The number of imidazole rings is 1. The van der Waals surface area contributed by atoms with Gasteiger partial charge >= 0.3 is 132 Å². The molecule has 4 aromatic heterocycles. The fourth-order valence-electron chi connectivity index (χ4n) is 8.82. The van der Waals surface area contributed by atoms with Crippen molar-refractivity contribution >= 4 is 72.3 Å². The van der Waals surface area contributed by atoms with Gasteiger partial charge in [-0.1, -0.05) is 85.5 Å². The number of alkyl halides is 3. The molecule has 0 spiro atoms. The van der Waals surface area contributed by atoms with E-state index in [1.165, 1.54) is 22.6 Å². The maximum atomic E-state index is 13.5. The maximum Gasteiger partial charge on any atom is 0.433 e. The minimum absolute atomic E-state index is 0. The Kier molecular flexibility index (Phi) is 12.5. The number of benzene rings is 6. The fourth-order valence-corrected chi connectivity index (χ4v) is 12.2. The molecule has 0 N–H and O–H groups in total. The van der Waals surface area contributed by atoms with Crippen molar-refractivity contribution in [3.05, 3.63) is 163 Å². The van der Waals surface area contributed by atoms with Gasteiger partial charge in [-0.15, -0.1) is 18.2 Å². The molecule has 0 saturated heterocycles. The summed E-state index contributed by atoms with van der Waals surface area (Å²) in [4.78, 5) is 13.6. The van der Waals surface area contributed by atoms with E-state index in [9.17, 15) is 13.2 Å². The van der Waals surface area contributed by atoms with Gasteiger partial charge in [0.25, 0.3) is 0 Å². The van der Waals surface area contributed by atoms with Crippen LogP contribution in [0.2, 0.25) is 17.3 Å². The van der Waals surface area contributed by atoms with Crippen molar-refractivity contribution in [2.75, 3.05) is 0 Å². The first-order valence-corrected chi connectivity index (χ1v) is 28.7. The quantitative estimate of drug-likeness (QED) is 0.0907. The molecule has 1 radical (unpaired) electrons. The number of aromatic nitrogens is 4. The molecule has 10 aromatic rings. The second kappa shape index (κ2) is 17.8. The van der Waals surface area contributed by atoms with Crippen LogP contribution in [0.15, 0.2) is 138 Å². The van der Waals surface area contributed by atoms with Crippen LogP contribution in [0.1, 0.15) is 50.4 Å². The van der Waals surface area contributed by atoms with Crippen LogP contribution >= 0.6 is 0 Å². The molecule has 0 unspecified atom stereocenters. The zero-order valence-corrected chi connectivity index (χ0v) is 41.2. The summed E-state index contributed by atoms with van der Waals surface area (Å²) < 4.78 is 50.3. The Balaban J connectivity index is 0.000000225. The smallest absolute Gasteiger partial charge is 0.433 e. The standard InChI is InChI=1S/C36H23F3N3O.C18H24GeN.Ir/c1-20(2)31-23-12-5-3-10-21(23)22-11-4-6-13-24(22)32(31)42-29-17-8-7-16-28(29)40-34(42)27-15-9-14-25-26-18-19-30(36(37,38)39)41-35(26)43-33(25)27;1-14(2)11-16-12-18(15-9-7-6-8-10-15)20-13-17(16)19(3,4)5;/h3-14,16-20H,1-2H3;6-9,12-14H,11H2,1-5H3;/q2*-1;. The molecule has 0 aliphatic rings. The average molecular weight is 1090 g/mol. The van der Waals surface area contributed by atoms with Gasteiger partial charge in [0.05, 0.1) is 28.1 Å². The van der Waals surface area contributed by atoms with E-state index in [0.29, 0.717) is 33.7 Å². The van der Waals surface area contributed by atoms with Crippen molar-refractivity contribution < 1.29 is 37.7 Å². The van der Waals surface area contributed by atoms with Crippen LogP contribution in [0.25, 0.3) is 83.0 Å². The van der Waals surface area contributed by atoms with E-state index >= 15 is 0 Å². The van der Waals surface area contributed by atoms with Crippen LogP contribution < -0.4 is 4.40 Å². The largest absolute Gasteiger partial charge is 0.486 e. The Bertz CT molecular complexity index is 3310. The predicted octanol–water partition coefficient (Wildman–Crippen LogP) is 14.5. The van der Waals surface area contributed by atoms with Crippen molar-refractivity contribution in [1.29, 1.82) is 0 Å². The van der Waals surface area contributed by atoms with Crippen molar-refractivity contribution in [3.8, 4) is 28.3 Å². The third-order valence-electron chi connectivity index (χ3n) is 11.5. The van der Waals surface area contributed by atoms with Crippen LogP contribution in [0.5, 0.6) is 0 Å². The molecule has 10 rings (SSSR count). The van der Waals surface area contributed by atoms with Crippen molar-refractivity contribution in [2.45, 2.75) is 63.5 Å². The molecule has 0 fully saturated rings. The summed E-state index contributed by atoms with van der Waals surface area (Å²) in [6.45, 7) is 8.95. The zero-order chi connectivity index (χ0) is 44.2. The second-order valence-corrected chi connectivity index (χ2v) is 28.4. The van der Waals surface area contributed by atoms with E-state index < -0.39 is 25.1 Å². The summed E-state index contributed by atoms with van der Waals surface area (Å²) in [5.41, 5.74) is 7.36. The molecule has 0 aliphatic heterocycles. The van der Waals surface area contributed by atoms with E-state index in [1.54, 1.807) is 16.5 Å². The van der Waals surface area contributed by atoms with Gasteiger partial charge in [0, 0.05) is 30.9 Å². The molecule has 6 aromatic carbocycles. The summed E-state index contributed by atoms with van der Waals surface area (Å²) in [6, 6.07) is 47.6. The molecule has 4 heterocycles. The van der Waals surface area contributed by atoms with Crippen molar-refractivity contribution in [1.82, 2.24) is 19.5 Å². The Morgan fingerprint density at radius 2 is 1.38 bits per heavy atom. The van der Waals surface area contributed by atoms with E-state index in [4.69, 9.17) is 14.4 Å². The third kappa shape index (κ3) is 8.42. The van der Waals surface area contributed by atoms with E-state index in [0.717, 1.165) is 56.6 Å². The summed E-state index contributed by atoms with van der Waals surface area (Å²) in [5.74, 6) is 8.74. The van der Waals surface area contributed by atoms with Crippen molar-refractivity contribution in [3.63, 3.8) is 0 Å². The number of fused-ring (bicyclic) bond motifs is 7. The van der Waals surface area contributed by atoms with Gasteiger partial charge in [-0.25, -0.2) is 4.98 Å². The fraction of sp³-hybridized carbons (Fsp3) is 0.204. The number of pyridine rings is 2. The minimum atomic E-state index is -4.58. The number of hydrogen-bond donors (Lipinski definition) is 0. The van der Waals surface area contributed by atoms with E-state index in [2.05, 4.69) is 121 Å². The molecule has 0 saturated carbocycles. The van der Waals surface area contributed by atoms with Crippen LogP contribution in [-0.2, 0) is 32.7 Å². The molecular weight excluding hydrogens is 1040 g/mol. The Morgan fingerprint density at radius 1 is 0.703 bits per heavy atom. The molecule has 0 atom stereocenters. The molecule has 0 amide bonds. The normalized spacial score (nSPS) is 12.1. The first kappa shape index (κ1) is 45.0. The first-order valence-electron chi connectivity index (χ1n) is 21.4. The van der Waals surface area contributed by atoms with Crippen LogP contribution in [0.3, 0.4) is 0 Å². The van der Waals surface area contributed by atoms with Gasteiger partial charge < -0.3 is 8.98 Å². The van der Waals surface area contributed by atoms with E-state index in [1.807, 2.05) is 54.6 Å². The monoisotopic (exact) mass is 1090 g/mol. The van der Waals surface area contributed by atoms with Gasteiger partial charge in [-0.05, 0) is 51.9 Å². The zero-order valence-electron chi connectivity index (χ0n) is 36.7. The number of hydrogen-bond acceptors (Lipinski definition) is 4.